The Balaban J connectivity index is 1.97. The predicted octanol–water partition coefficient (Wildman–Crippen LogP) is 3.89. The van der Waals surface area contributed by atoms with E-state index in [0.29, 0.717) is 20.7 Å². The minimum atomic E-state index is -0.909. The molecule has 0 saturated carbocycles. The fourth-order valence-electron chi connectivity index (χ4n) is 2.77. The van der Waals surface area contributed by atoms with Gasteiger partial charge in [0.05, 0.1) is 16.8 Å². The molecule has 1 heterocycles. The SMILES string of the molecule is CCOC(=O)[C@@H](C)Oc1c(Br)cc(Cl)cc1/C=C1/C(=O)NN(c2ccccc2)C1=O. The summed E-state index contributed by atoms with van der Waals surface area (Å²) in [4.78, 5) is 37.3. The van der Waals surface area contributed by atoms with Crippen molar-refractivity contribution >= 4 is 57.1 Å². The van der Waals surface area contributed by atoms with Gasteiger partial charge >= 0.3 is 5.97 Å². The van der Waals surface area contributed by atoms with Crippen LogP contribution in [0.4, 0.5) is 5.69 Å². The number of ether oxygens (including phenoxy) is 2. The van der Waals surface area contributed by atoms with E-state index in [-0.39, 0.29) is 17.9 Å². The average Bonchev–Trinajstić information content (AvgIpc) is 2.99. The minimum Gasteiger partial charge on any atom is -0.477 e. The molecule has 1 aliphatic heterocycles. The second-order valence-electron chi connectivity index (χ2n) is 6.29. The molecule has 0 unspecified atom stereocenters. The van der Waals surface area contributed by atoms with Crippen molar-refractivity contribution in [3.63, 3.8) is 0 Å². The van der Waals surface area contributed by atoms with Crippen LogP contribution in [0, 0.1) is 0 Å². The Bertz CT molecular complexity index is 1030. The highest BCUT2D eigenvalue weighted by molar-refractivity contribution is 9.10. The van der Waals surface area contributed by atoms with Gasteiger partial charge in [-0.1, -0.05) is 29.8 Å². The molecule has 0 aliphatic carbocycles. The number of halogens is 2. The first kappa shape index (κ1) is 21.9. The van der Waals surface area contributed by atoms with Crippen LogP contribution in [0.2, 0.25) is 5.02 Å². The third-order valence-corrected chi connectivity index (χ3v) is 4.96. The zero-order valence-corrected chi connectivity index (χ0v) is 18.5. The van der Waals surface area contributed by atoms with E-state index in [0.717, 1.165) is 5.01 Å². The van der Waals surface area contributed by atoms with Crippen LogP contribution in [0.15, 0.2) is 52.5 Å². The normalized spacial score (nSPS) is 15.9. The number of hydrogen-bond donors (Lipinski definition) is 1. The highest BCUT2D eigenvalue weighted by Crippen LogP contribution is 2.35. The van der Waals surface area contributed by atoms with Gasteiger partial charge in [0.1, 0.15) is 11.3 Å². The summed E-state index contributed by atoms with van der Waals surface area (Å²) >= 11 is 9.51. The monoisotopic (exact) mass is 492 g/mol. The van der Waals surface area contributed by atoms with Crippen molar-refractivity contribution in [2.24, 2.45) is 0 Å². The maximum atomic E-state index is 12.8. The molecule has 3 rings (SSSR count). The molecule has 0 aromatic heterocycles. The van der Waals surface area contributed by atoms with E-state index in [9.17, 15) is 14.4 Å². The number of hydrazine groups is 1. The summed E-state index contributed by atoms with van der Waals surface area (Å²) in [7, 11) is 0. The molecule has 1 fully saturated rings. The van der Waals surface area contributed by atoms with Crippen molar-refractivity contribution in [1.29, 1.82) is 0 Å². The Morgan fingerprint density at radius 2 is 1.97 bits per heavy atom. The number of esters is 1. The van der Waals surface area contributed by atoms with E-state index < -0.39 is 23.9 Å². The fourth-order valence-corrected chi connectivity index (χ4v) is 3.70. The largest absolute Gasteiger partial charge is 0.477 e. The van der Waals surface area contributed by atoms with Crippen LogP contribution in [-0.4, -0.2) is 30.5 Å². The van der Waals surface area contributed by atoms with Crippen molar-refractivity contribution in [3.05, 3.63) is 63.1 Å². The van der Waals surface area contributed by atoms with Crippen LogP contribution in [0.25, 0.3) is 6.08 Å². The molecule has 1 aliphatic rings. The van der Waals surface area contributed by atoms with E-state index in [1.807, 2.05) is 0 Å². The number of nitrogens with one attached hydrogen (secondary N) is 1. The molecular formula is C21H18BrClN2O5. The molecule has 156 valence electrons. The van der Waals surface area contributed by atoms with Gasteiger partial charge in [0.15, 0.2) is 6.10 Å². The van der Waals surface area contributed by atoms with Crippen LogP contribution in [0.3, 0.4) is 0 Å². The van der Waals surface area contributed by atoms with Crippen LogP contribution in [0.1, 0.15) is 19.4 Å². The first-order chi connectivity index (χ1) is 14.3. The minimum absolute atomic E-state index is 0.0957. The molecule has 1 N–H and O–H groups in total. The molecule has 0 bridgehead atoms. The second kappa shape index (κ2) is 9.32. The Hall–Kier alpha value is -2.84. The second-order valence-corrected chi connectivity index (χ2v) is 7.58. The molecule has 2 amide bonds. The van der Waals surface area contributed by atoms with Crippen molar-refractivity contribution < 1.29 is 23.9 Å². The molecule has 2 aromatic rings. The van der Waals surface area contributed by atoms with Crippen molar-refractivity contribution in [1.82, 2.24) is 5.43 Å². The summed E-state index contributed by atoms with van der Waals surface area (Å²) in [5.41, 5.74) is 3.32. The quantitative estimate of drug-likeness (QED) is 0.375. The first-order valence-corrected chi connectivity index (χ1v) is 10.2. The molecule has 1 saturated heterocycles. The van der Waals surface area contributed by atoms with E-state index in [1.165, 1.54) is 12.1 Å². The Morgan fingerprint density at radius 3 is 2.63 bits per heavy atom. The van der Waals surface area contributed by atoms with E-state index in [2.05, 4.69) is 21.4 Å². The number of carbonyl (C=O) groups is 3. The lowest BCUT2D eigenvalue weighted by Crippen LogP contribution is -2.35. The number of nitrogens with zero attached hydrogens (tertiary/aromatic N) is 1. The van der Waals surface area contributed by atoms with Gasteiger partial charge in [0.25, 0.3) is 11.8 Å². The van der Waals surface area contributed by atoms with Crippen molar-refractivity contribution in [2.45, 2.75) is 20.0 Å². The summed E-state index contributed by atoms with van der Waals surface area (Å²) in [6, 6.07) is 11.8. The van der Waals surface area contributed by atoms with Gasteiger partial charge in [0, 0.05) is 10.6 Å². The molecule has 9 heteroatoms. The molecular weight excluding hydrogens is 476 g/mol. The number of para-hydroxylation sites is 1. The third-order valence-electron chi connectivity index (χ3n) is 4.16. The van der Waals surface area contributed by atoms with E-state index in [1.54, 1.807) is 50.2 Å². The number of anilines is 1. The van der Waals surface area contributed by atoms with Crippen LogP contribution in [-0.2, 0) is 19.1 Å². The first-order valence-electron chi connectivity index (χ1n) is 9.06. The molecule has 0 radical (unpaired) electrons. The number of hydrogen-bond acceptors (Lipinski definition) is 5. The molecule has 1 atom stereocenters. The average molecular weight is 494 g/mol. The molecule has 30 heavy (non-hydrogen) atoms. The highest BCUT2D eigenvalue weighted by atomic mass is 79.9. The van der Waals surface area contributed by atoms with Gasteiger partial charge in [0.2, 0.25) is 0 Å². The van der Waals surface area contributed by atoms with Crippen LogP contribution < -0.4 is 15.2 Å². The van der Waals surface area contributed by atoms with Crippen LogP contribution in [0.5, 0.6) is 5.75 Å². The van der Waals surface area contributed by atoms with Gasteiger partial charge < -0.3 is 9.47 Å². The van der Waals surface area contributed by atoms with Crippen molar-refractivity contribution in [2.75, 3.05) is 11.6 Å². The summed E-state index contributed by atoms with van der Waals surface area (Å²) < 4.78 is 11.2. The van der Waals surface area contributed by atoms with Gasteiger partial charge in [-0.2, -0.15) is 0 Å². The summed E-state index contributed by atoms with van der Waals surface area (Å²) in [6.07, 6.45) is 0.471. The van der Waals surface area contributed by atoms with Gasteiger partial charge in [-0.3, -0.25) is 15.0 Å². The Morgan fingerprint density at radius 1 is 1.27 bits per heavy atom. The summed E-state index contributed by atoms with van der Waals surface area (Å²) in [5, 5.41) is 1.52. The maximum Gasteiger partial charge on any atom is 0.347 e. The lowest BCUT2D eigenvalue weighted by molar-refractivity contribution is -0.150. The Labute approximate surface area is 186 Å². The number of rotatable bonds is 6. The van der Waals surface area contributed by atoms with Gasteiger partial charge in [-0.15, -0.1) is 0 Å². The van der Waals surface area contributed by atoms with Gasteiger partial charge in [-0.05, 0) is 60.1 Å². The fraction of sp³-hybridized carbons (Fsp3) is 0.190. The molecule has 2 aromatic carbocycles. The molecule has 7 nitrogen and oxygen atoms in total. The lowest BCUT2D eigenvalue weighted by atomic mass is 10.1. The number of amides is 2. The van der Waals surface area contributed by atoms with Gasteiger partial charge in [-0.25, -0.2) is 9.80 Å². The van der Waals surface area contributed by atoms with E-state index in [4.69, 9.17) is 21.1 Å². The predicted molar refractivity (Wildman–Crippen MR) is 116 cm³/mol. The highest BCUT2D eigenvalue weighted by Gasteiger charge is 2.35. The Kier molecular flexibility index (Phi) is 6.79. The van der Waals surface area contributed by atoms with Crippen molar-refractivity contribution in [3.8, 4) is 5.75 Å². The zero-order valence-electron chi connectivity index (χ0n) is 16.1. The molecule has 0 spiro atoms. The summed E-state index contributed by atoms with van der Waals surface area (Å²) in [5.74, 6) is -1.37. The maximum absolute atomic E-state index is 12.8. The third kappa shape index (κ3) is 4.66. The lowest BCUT2D eigenvalue weighted by Gasteiger charge is -2.17. The summed E-state index contributed by atoms with van der Waals surface area (Å²) in [6.45, 7) is 3.46. The van der Waals surface area contributed by atoms with Crippen LogP contribution >= 0.6 is 27.5 Å². The zero-order chi connectivity index (χ0) is 21.8. The van der Waals surface area contributed by atoms with E-state index >= 15 is 0 Å². The smallest absolute Gasteiger partial charge is 0.347 e. The number of carbonyl (C=O) groups excluding carboxylic acids is 3. The topological polar surface area (TPSA) is 84.9 Å². The standard InChI is InChI=1S/C21H18BrClN2O5/c1-3-29-21(28)12(2)30-18-13(9-14(23)11-17(18)22)10-16-19(26)24-25(20(16)27)15-7-5-4-6-8-15/h4-12H,3H2,1-2H3,(H,24,26)/b16-10-/t12-/m1/s1. The number of benzene rings is 2.